The van der Waals surface area contributed by atoms with E-state index in [1.807, 2.05) is 48.1 Å². The first-order chi connectivity index (χ1) is 15.6. The molecule has 0 bridgehead atoms. The number of benzene rings is 1. The Labute approximate surface area is 184 Å². The molecule has 1 aliphatic heterocycles. The second-order valence-corrected chi connectivity index (χ2v) is 8.22. The second kappa shape index (κ2) is 7.31. The summed E-state index contributed by atoms with van der Waals surface area (Å²) in [6.07, 6.45) is 6.94. The molecule has 1 aliphatic rings. The van der Waals surface area contributed by atoms with Gasteiger partial charge in [-0.1, -0.05) is 0 Å². The molecule has 4 aromatic heterocycles. The third kappa shape index (κ3) is 3.23. The minimum atomic E-state index is 0.511. The van der Waals surface area contributed by atoms with Gasteiger partial charge < -0.3 is 15.0 Å². The average molecular weight is 426 g/mol. The molecule has 0 atom stereocenters. The summed E-state index contributed by atoms with van der Waals surface area (Å²) in [5, 5.41) is 12.0. The van der Waals surface area contributed by atoms with Gasteiger partial charge in [0, 0.05) is 43.2 Å². The van der Waals surface area contributed by atoms with Crippen LogP contribution in [0.3, 0.4) is 0 Å². The Kier molecular flexibility index (Phi) is 4.29. The van der Waals surface area contributed by atoms with E-state index in [1.165, 1.54) is 11.9 Å². The Morgan fingerprint density at radius 1 is 0.969 bits per heavy atom. The molecule has 0 spiro atoms. The van der Waals surface area contributed by atoms with Crippen LogP contribution in [-0.2, 0) is 0 Å². The predicted molar refractivity (Wildman–Crippen MR) is 121 cm³/mol. The number of nitrogens with zero attached hydrogens (tertiary/aromatic N) is 7. The van der Waals surface area contributed by atoms with Crippen LogP contribution < -0.4 is 10.1 Å². The Hall–Kier alpha value is -3.98. The summed E-state index contributed by atoms with van der Waals surface area (Å²) in [5.74, 6) is 2.82. The molecule has 160 valence electrons. The number of likely N-dealkylation sites (N-methyl/N-ethyl adjacent to an activating group) is 1. The van der Waals surface area contributed by atoms with E-state index in [0.29, 0.717) is 5.92 Å². The fraction of sp³-hybridized carbons (Fsp3) is 0.217. The molecule has 9 nitrogen and oxygen atoms in total. The number of anilines is 2. The maximum Gasteiger partial charge on any atom is 0.158 e. The van der Waals surface area contributed by atoms with E-state index >= 15 is 0 Å². The number of hydrogen-bond acceptors (Lipinski definition) is 7. The fourth-order valence-corrected chi connectivity index (χ4v) is 4.26. The van der Waals surface area contributed by atoms with Gasteiger partial charge in [-0.25, -0.2) is 19.0 Å². The van der Waals surface area contributed by atoms with Gasteiger partial charge in [-0.2, -0.15) is 10.2 Å². The molecular formula is C23H22N8O. The first kappa shape index (κ1) is 18.8. The number of nitrogens with one attached hydrogen (secondary N) is 1. The minimum Gasteiger partial charge on any atom is -0.457 e. The van der Waals surface area contributed by atoms with Gasteiger partial charge in [-0.05, 0) is 55.4 Å². The van der Waals surface area contributed by atoms with Crippen molar-refractivity contribution >= 4 is 22.7 Å². The van der Waals surface area contributed by atoms with Gasteiger partial charge in [0.2, 0.25) is 0 Å². The van der Waals surface area contributed by atoms with E-state index in [1.54, 1.807) is 10.8 Å². The molecular weight excluding hydrogens is 404 g/mol. The molecule has 0 radical (unpaired) electrons. The molecule has 1 N–H and O–H groups in total. The quantitative estimate of drug-likeness (QED) is 0.459. The molecule has 0 unspecified atom stereocenters. The Balaban J connectivity index is 1.27. The van der Waals surface area contributed by atoms with E-state index in [9.17, 15) is 0 Å². The van der Waals surface area contributed by atoms with Crippen molar-refractivity contribution < 1.29 is 4.74 Å². The Morgan fingerprint density at radius 3 is 2.62 bits per heavy atom. The lowest BCUT2D eigenvalue weighted by molar-refractivity contribution is 0.191. The van der Waals surface area contributed by atoms with Gasteiger partial charge in [-0.3, -0.25) is 0 Å². The van der Waals surface area contributed by atoms with Crippen LogP contribution in [0.1, 0.15) is 17.0 Å². The molecule has 0 saturated carbocycles. The lowest BCUT2D eigenvalue weighted by Gasteiger charge is -2.36. The van der Waals surface area contributed by atoms with Crippen LogP contribution in [0.4, 0.5) is 11.5 Å². The number of fused-ring (bicyclic) bond motifs is 2. The van der Waals surface area contributed by atoms with Crippen LogP contribution >= 0.6 is 0 Å². The molecule has 1 aromatic carbocycles. The van der Waals surface area contributed by atoms with E-state index < -0.39 is 0 Å². The highest BCUT2D eigenvalue weighted by molar-refractivity contribution is 5.77. The van der Waals surface area contributed by atoms with Crippen molar-refractivity contribution in [2.75, 3.05) is 25.5 Å². The average Bonchev–Trinajstić information content (AvgIpc) is 3.40. The second-order valence-electron chi connectivity index (χ2n) is 8.22. The predicted octanol–water partition coefficient (Wildman–Crippen LogP) is 3.65. The van der Waals surface area contributed by atoms with Gasteiger partial charge in [0.25, 0.3) is 0 Å². The number of likely N-dealkylation sites (tertiary alicyclic amines) is 1. The van der Waals surface area contributed by atoms with Crippen molar-refractivity contribution in [3.63, 3.8) is 0 Å². The largest absolute Gasteiger partial charge is 0.457 e. The van der Waals surface area contributed by atoms with Gasteiger partial charge in [0.1, 0.15) is 29.7 Å². The summed E-state index contributed by atoms with van der Waals surface area (Å²) in [6.45, 7) is 4.14. The van der Waals surface area contributed by atoms with Crippen LogP contribution in [0.15, 0.2) is 61.4 Å². The fourth-order valence-electron chi connectivity index (χ4n) is 4.26. The zero-order valence-corrected chi connectivity index (χ0v) is 17.8. The van der Waals surface area contributed by atoms with Crippen molar-refractivity contribution in [3.8, 4) is 11.5 Å². The highest BCUT2D eigenvalue weighted by Crippen LogP contribution is 2.34. The number of rotatable bonds is 5. The summed E-state index contributed by atoms with van der Waals surface area (Å²) < 4.78 is 9.69. The van der Waals surface area contributed by atoms with Gasteiger partial charge in [0.05, 0.1) is 0 Å². The maximum atomic E-state index is 6.09. The van der Waals surface area contributed by atoms with Crippen molar-refractivity contribution in [1.29, 1.82) is 0 Å². The molecule has 0 aliphatic carbocycles. The Bertz CT molecular complexity index is 1430. The van der Waals surface area contributed by atoms with E-state index in [2.05, 4.69) is 49.6 Å². The zero-order valence-electron chi connectivity index (χ0n) is 17.8. The first-order valence-electron chi connectivity index (χ1n) is 10.5. The van der Waals surface area contributed by atoms with Gasteiger partial charge in [-0.15, -0.1) is 0 Å². The van der Waals surface area contributed by atoms with Crippen molar-refractivity contribution in [2.24, 2.45) is 0 Å². The highest BCUT2D eigenvalue weighted by Gasteiger charge is 2.28. The molecule has 6 rings (SSSR count). The first-order valence-corrected chi connectivity index (χ1v) is 10.5. The molecule has 9 heteroatoms. The number of pyridine rings is 1. The van der Waals surface area contributed by atoms with E-state index in [0.717, 1.165) is 52.8 Å². The number of ether oxygens (including phenoxy) is 1. The number of hydrogen-bond donors (Lipinski definition) is 1. The lowest BCUT2D eigenvalue weighted by Crippen LogP contribution is -2.41. The third-order valence-electron chi connectivity index (χ3n) is 5.91. The molecule has 0 amide bonds. The summed E-state index contributed by atoms with van der Waals surface area (Å²) in [5.41, 5.74) is 5.02. The Morgan fingerprint density at radius 2 is 1.78 bits per heavy atom. The van der Waals surface area contributed by atoms with Crippen LogP contribution in [0.2, 0.25) is 0 Å². The van der Waals surface area contributed by atoms with E-state index in [-0.39, 0.29) is 0 Å². The van der Waals surface area contributed by atoms with Crippen LogP contribution in [-0.4, -0.2) is 54.2 Å². The highest BCUT2D eigenvalue weighted by atomic mass is 16.5. The zero-order chi connectivity index (χ0) is 21.7. The maximum absolute atomic E-state index is 6.09. The van der Waals surface area contributed by atoms with Crippen molar-refractivity contribution in [1.82, 2.24) is 34.1 Å². The van der Waals surface area contributed by atoms with Crippen LogP contribution in [0.25, 0.3) is 11.2 Å². The molecule has 5 aromatic rings. The van der Waals surface area contributed by atoms with Gasteiger partial charge >= 0.3 is 0 Å². The molecule has 1 saturated heterocycles. The number of aromatic nitrogens is 6. The molecule has 1 fully saturated rings. The topological polar surface area (TPSA) is 84.9 Å². The van der Waals surface area contributed by atoms with E-state index in [4.69, 9.17) is 4.74 Å². The molecule has 5 heterocycles. The third-order valence-corrected chi connectivity index (χ3v) is 5.91. The SMILES string of the molecule is Cc1cc(Nc2ncnn3ccc(C4CN(C)C4)c23)ccc1Oc1ccn2ncnc2c1. The molecule has 32 heavy (non-hydrogen) atoms. The van der Waals surface area contributed by atoms with Crippen LogP contribution in [0, 0.1) is 6.92 Å². The summed E-state index contributed by atoms with van der Waals surface area (Å²) >= 11 is 0. The summed E-state index contributed by atoms with van der Waals surface area (Å²) in [7, 11) is 2.14. The standard InChI is InChI=1S/C23H22N8O/c1-15-9-17(3-4-20(15)32-18-5-7-30-21(10-18)24-13-26-30)28-23-22-19(16-11-29(2)12-16)6-8-31(22)27-14-25-23/h3-10,13-14,16H,11-12H2,1-2H3,(H,25,27,28). The van der Waals surface area contributed by atoms with Gasteiger partial charge in [0.15, 0.2) is 11.5 Å². The lowest BCUT2D eigenvalue weighted by atomic mass is 9.93. The van der Waals surface area contributed by atoms with Crippen molar-refractivity contribution in [3.05, 3.63) is 72.6 Å². The number of aryl methyl sites for hydroxylation is 1. The minimum absolute atomic E-state index is 0.511. The van der Waals surface area contributed by atoms with Crippen LogP contribution in [0.5, 0.6) is 11.5 Å². The summed E-state index contributed by atoms with van der Waals surface area (Å²) in [4.78, 5) is 11.1. The smallest absolute Gasteiger partial charge is 0.158 e. The monoisotopic (exact) mass is 426 g/mol. The normalized spacial score (nSPS) is 14.7. The summed E-state index contributed by atoms with van der Waals surface area (Å²) in [6, 6.07) is 11.9. The van der Waals surface area contributed by atoms with Crippen molar-refractivity contribution in [2.45, 2.75) is 12.8 Å².